The van der Waals surface area contributed by atoms with Gasteiger partial charge < -0.3 is 39.1 Å². The minimum Gasteiger partial charge on any atom is -0.465 e. The molecule has 4 amide bonds. The summed E-state index contributed by atoms with van der Waals surface area (Å²) in [5.41, 5.74) is -3.03. The summed E-state index contributed by atoms with van der Waals surface area (Å²) >= 11 is 12.8. The zero-order valence-corrected chi connectivity index (χ0v) is 42.7. The van der Waals surface area contributed by atoms with Crippen LogP contribution < -0.4 is 0 Å². The van der Waals surface area contributed by atoms with E-state index in [2.05, 4.69) is 17.0 Å². The molecule has 3 aromatic rings. The molecular formula is C52H63Cl2F6N5O7. The Balaban J connectivity index is 0.976. The lowest BCUT2D eigenvalue weighted by Gasteiger charge is -2.46. The van der Waals surface area contributed by atoms with Gasteiger partial charge in [0.2, 0.25) is 11.8 Å². The van der Waals surface area contributed by atoms with Crippen molar-refractivity contribution in [2.45, 2.75) is 101 Å². The van der Waals surface area contributed by atoms with Gasteiger partial charge in [-0.1, -0.05) is 74.3 Å². The molecule has 1 N–H and O–H groups in total. The van der Waals surface area contributed by atoms with Crippen LogP contribution >= 0.6 is 23.2 Å². The lowest BCUT2D eigenvalue weighted by molar-refractivity contribution is -0.143. The Hall–Kier alpha value is -4.62. The van der Waals surface area contributed by atoms with Gasteiger partial charge in [0.1, 0.15) is 12.2 Å². The fraction of sp³-hybridized carbons (Fsp3) is 0.577. The fourth-order valence-corrected chi connectivity index (χ4v) is 11.5. The summed E-state index contributed by atoms with van der Waals surface area (Å²) in [4.78, 5) is 61.1. The van der Waals surface area contributed by atoms with E-state index in [4.69, 9.17) is 32.7 Å². The molecule has 20 heteroatoms. The van der Waals surface area contributed by atoms with E-state index in [1.54, 1.807) is 42.1 Å². The molecule has 3 saturated heterocycles. The summed E-state index contributed by atoms with van der Waals surface area (Å²) in [7, 11) is 3.46. The van der Waals surface area contributed by atoms with Crippen molar-refractivity contribution in [1.82, 2.24) is 24.5 Å². The summed E-state index contributed by atoms with van der Waals surface area (Å²) in [6.07, 6.45) is -7.80. The predicted molar refractivity (Wildman–Crippen MR) is 259 cm³/mol. The minimum absolute atomic E-state index is 0.00783. The molecule has 0 radical (unpaired) electrons. The summed E-state index contributed by atoms with van der Waals surface area (Å²) in [5.74, 6) is -1.51. The topological polar surface area (TPSA) is 123 Å². The minimum atomic E-state index is -5.13. The number of fused-ring (bicyclic) bond motifs is 2. The number of rotatable bonds is 13. The fourth-order valence-electron chi connectivity index (χ4n) is 11.2. The number of hydrogen-bond donors (Lipinski definition) is 1. The lowest BCUT2D eigenvalue weighted by Crippen LogP contribution is -2.54. The number of morpholine rings is 1. The number of carbonyl (C=O) groups is 4. The van der Waals surface area contributed by atoms with Crippen molar-refractivity contribution < 1.29 is 60.1 Å². The largest absolute Gasteiger partial charge is 0.465 e. The van der Waals surface area contributed by atoms with E-state index in [9.17, 15) is 50.6 Å². The van der Waals surface area contributed by atoms with E-state index in [0.29, 0.717) is 95.5 Å². The zero-order chi connectivity index (χ0) is 52.6. The second-order valence-electron chi connectivity index (χ2n) is 20.9. The van der Waals surface area contributed by atoms with Crippen molar-refractivity contribution in [2.75, 3.05) is 79.7 Å². The summed E-state index contributed by atoms with van der Waals surface area (Å²) in [5, 5.41) is 10.2. The number of likely N-dealkylation sites (tertiary alicyclic amines) is 2. The average Bonchev–Trinajstić information content (AvgIpc) is 3.63. The van der Waals surface area contributed by atoms with E-state index in [1.807, 2.05) is 32.9 Å². The van der Waals surface area contributed by atoms with Gasteiger partial charge in [-0.2, -0.15) is 26.3 Å². The number of carboxylic acid groups (broad SMARTS) is 1. The van der Waals surface area contributed by atoms with Crippen molar-refractivity contribution in [1.29, 1.82) is 0 Å². The molecular weight excluding hydrogens is 991 g/mol. The SMILES string of the molecule is CN(CCCN(C)C(=O)C1CCN(C(=O)O)C(C(C)(C)C)C1)C(=O)CO[C@H]1Cc2ccccc2C12CCN(CC[C@@]1(c3ccc(Cl)c(Cl)c3)CN(C(=O)c3cc(C(F)(F)F)cc(C(F)(F)F)c3)CCO1)CC2. The summed E-state index contributed by atoms with van der Waals surface area (Å²) in [6, 6.07) is 13.6. The maximum atomic E-state index is 13.9. The van der Waals surface area contributed by atoms with Crippen molar-refractivity contribution >= 4 is 47.0 Å². The standard InChI is InChI=1S/C52H63Cl2F6N5O7/c1-48(2,3)42-27-34(13-19-65(42)47(69)70)45(67)62(5)18-8-17-61(4)44(66)31-71-43-28-33-9-6-7-10-39(33)49(43)14-20-63(21-15-49)22-16-50(36-11-12-40(53)41(54)30-36)32-64(23-24-72-50)46(68)35-25-37(51(55,56)57)29-38(26-35)52(58,59)60/h6-7,9-12,25-26,29-30,34,42-43H,8,13-24,27-28,31-32H2,1-5H3,(H,69,70)/t34?,42?,43-,50-/m0/s1. The molecule has 0 saturated carbocycles. The molecule has 3 fully saturated rings. The number of ether oxygens (including phenoxy) is 2. The first kappa shape index (κ1) is 55.1. The van der Waals surface area contributed by atoms with Gasteiger partial charge in [0, 0.05) is 69.8 Å². The number of nitrogens with zero attached hydrogens (tertiary/aromatic N) is 5. The van der Waals surface area contributed by atoms with Crippen LogP contribution in [0.5, 0.6) is 0 Å². The maximum Gasteiger partial charge on any atom is 0.416 e. The second-order valence-corrected chi connectivity index (χ2v) is 21.7. The average molecular weight is 1050 g/mol. The number of amides is 4. The highest BCUT2D eigenvalue weighted by molar-refractivity contribution is 6.42. The van der Waals surface area contributed by atoms with Gasteiger partial charge in [-0.25, -0.2) is 4.79 Å². The Kier molecular flexibility index (Phi) is 16.6. The zero-order valence-electron chi connectivity index (χ0n) is 41.2. The number of piperidine rings is 2. The van der Waals surface area contributed by atoms with Crippen LogP contribution in [0.2, 0.25) is 10.0 Å². The molecule has 1 spiro atoms. The third-order valence-electron chi connectivity index (χ3n) is 15.3. The molecule has 4 atom stereocenters. The predicted octanol–water partition coefficient (Wildman–Crippen LogP) is 9.88. The monoisotopic (exact) mass is 1050 g/mol. The first-order valence-electron chi connectivity index (χ1n) is 24.3. The molecule has 2 unspecified atom stereocenters. The third-order valence-corrected chi connectivity index (χ3v) is 16.0. The number of carbonyl (C=O) groups excluding carboxylic acids is 3. The van der Waals surface area contributed by atoms with Gasteiger partial charge in [-0.3, -0.25) is 14.4 Å². The van der Waals surface area contributed by atoms with Crippen molar-refractivity contribution in [3.8, 4) is 0 Å². The molecule has 3 heterocycles. The molecule has 3 aliphatic heterocycles. The summed E-state index contributed by atoms with van der Waals surface area (Å²) < 4.78 is 95.9. The van der Waals surface area contributed by atoms with Crippen LogP contribution in [0.3, 0.4) is 0 Å². The highest BCUT2D eigenvalue weighted by Crippen LogP contribution is 2.48. The highest BCUT2D eigenvalue weighted by Gasteiger charge is 2.50. The molecule has 0 bridgehead atoms. The second kappa shape index (κ2) is 21.7. The van der Waals surface area contributed by atoms with E-state index in [-0.39, 0.29) is 84.1 Å². The van der Waals surface area contributed by atoms with Gasteiger partial charge >= 0.3 is 18.4 Å². The van der Waals surface area contributed by atoms with Crippen LogP contribution in [0.25, 0.3) is 0 Å². The van der Waals surface area contributed by atoms with Gasteiger partial charge in [0.25, 0.3) is 5.91 Å². The van der Waals surface area contributed by atoms with E-state index < -0.39 is 52.1 Å². The van der Waals surface area contributed by atoms with Crippen LogP contribution in [0.15, 0.2) is 60.7 Å². The van der Waals surface area contributed by atoms with Crippen LogP contribution in [0, 0.1) is 11.3 Å². The van der Waals surface area contributed by atoms with E-state index in [1.165, 1.54) is 15.4 Å². The smallest absolute Gasteiger partial charge is 0.416 e. The Morgan fingerprint density at radius 3 is 2.12 bits per heavy atom. The van der Waals surface area contributed by atoms with E-state index >= 15 is 0 Å². The Morgan fingerprint density at radius 1 is 0.847 bits per heavy atom. The molecule has 12 nitrogen and oxygen atoms in total. The Bertz CT molecular complexity index is 2450. The van der Waals surface area contributed by atoms with Crippen LogP contribution in [-0.2, 0) is 48.9 Å². The number of halogens is 8. The quantitative estimate of drug-likeness (QED) is 0.168. The number of hydrogen-bond acceptors (Lipinski definition) is 7. The molecule has 0 aromatic heterocycles. The molecule has 1 aliphatic carbocycles. The van der Waals surface area contributed by atoms with Gasteiger partial charge in [0.15, 0.2) is 0 Å². The van der Waals surface area contributed by atoms with Crippen molar-refractivity contribution in [3.05, 3.63) is 104 Å². The number of likely N-dealkylation sites (N-methyl/N-ethyl adjacent to an activating group) is 1. The molecule has 72 heavy (non-hydrogen) atoms. The first-order valence-corrected chi connectivity index (χ1v) is 25.1. The van der Waals surface area contributed by atoms with Crippen LogP contribution in [0.4, 0.5) is 31.1 Å². The maximum absolute atomic E-state index is 13.9. The molecule has 3 aromatic carbocycles. The molecule has 394 valence electrons. The van der Waals surface area contributed by atoms with E-state index in [0.717, 1.165) is 5.56 Å². The van der Waals surface area contributed by atoms with Crippen LogP contribution in [-0.4, -0.2) is 145 Å². The Labute approximate surface area is 426 Å². The Morgan fingerprint density at radius 2 is 1.50 bits per heavy atom. The van der Waals surface area contributed by atoms with Gasteiger partial charge in [-0.15, -0.1) is 0 Å². The van der Waals surface area contributed by atoms with Gasteiger partial charge in [-0.05, 0) is 110 Å². The highest BCUT2D eigenvalue weighted by atomic mass is 35.5. The summed E-state index contributed by atoms with van der Waals surface area (Å²) in [6.45, 7) is 8.29. The number of benzene rings is 3. The van der Waals surface area contributed by atoms with Crippen molar-refractivity contribution in [2.24, 2.45) is 11.3 Å². The lowest BCUT2D eigenvalue weighted by atomic mass is 9.72. The normalized spacial score (nSPS) is 22.7. The van der Waals surface area contributed by atoms with Crippen molar-refractivity contribution in [3.63, 3.8) is 0 Å². The third kappa shape index (κ3) is 12.1. The molecule has 7 rings (SSSR count). The van der Waals surface area contributed by atoms with Crippen LogP contribution in [0.1, 0.15) is 97.5 Å². The van der Waals surface area contributed by atoms with Gasteiger partial charge in [0.05, 0.1) is 40.4 Å². The molecule has 4 aliphatic rings. The first-order chi connectivity index (χ1) is 33.7. The number of alkyl halides is 6.